The Morgan fingerprint density at radius 2 is 0.558 bits per heavy atom. The van der Waals surface area contributed by atoms with Gasteiger partial charge in [-0.1, -0.05) is 128 Å². The van der Waals surface area contributed by atoms with Gasteiger partial charge < -0.3 is 130 Å². The first-order valence-corrected chi connectivity index (χ1v) is 29.1. The molecule has 0 amide bonds. The number of hydrogen-bond acceptors (Lipinski definition) is 16. The van der Waals surface area contributed by atoms with Gasteiger partial charge in [0, 0.05) is 125 Å². The Balaban J connectivity index is -0.0000000381. The summed E-state index contributed by atoms with van der Waals surface area (Å²) in [5.41, 5.74) is -1.98. The van der Waals surface area contributed by atoms with Crippen LogP contribution in [0.1, 0.15) is 183 Å². The minimum absolute atomic E-state index is 0. The standard InChI is InChI=1S/2C16H36N.2C12H18N3O6.13O.6V/c2*1-5-9-13-17(14-10-6-2,15-11-7-3)16-12-8-4;2*1-2-21-11(19)4-15-3-10(13-14-15)5-20-9-12(6-16,7-17)8-18;;;;;;;;;;;;;;;;;;;/h2*5-16H2,1-4H3;2*3H,2,4-9H2,1H3;;;;;;;;;;;;;;;;;;;/q2*+1;2*-3;13*-2;;;;;;. The van der Waals surface area contributed by atoms with Crippen LogP contribution in [0, 0.1) is 10.8 Å². The average Bonchev–Trinajstić information content (AvgIpc) is 4.09. The van der Waals surface area contributed by atoms with Crippen molar-refractivity contribution in [3.63, 3.8) is 0 Å². The average molecular weight is 1600 g/mol. The van der Waals surface area contributed by atoms with E-state index in [0.717, 1.165) is 0 Å². The van der Waals surface area contributed by atoms with E-state index in [9.17, 15) is 40.2 Å². The minimum Gasteiger partial charge on any atom is -2.00 e. The molecule has 2 aromatic heterocycles. The van der Waals surface area contributed by atoms with Crippen molar-refractivity contribution in [1.82, 2.24) is 30.0 Å². The van der Waals surface area contributed by atoms with Crippen LogP contribution >= 0.6 is 0 Å². The molecule has 6 radical (unpaired) electrons. The topological polar surface area (TPSA) is 641 Å². The molecule has 0 saturated carbocycles. The third-order valence-corrected chi connectivity index (χ3v) is 13.4. The van der Waals surface area contributed by atoms with Crippen LogP contribution in [-0.2, 0) is 237 Å². The number of carbonyl (C=O) groups excluding carboxylic acids is 2. The van der Waals surface area contributed by atoms with Crippen LogP contribution in [0.15, 0.2) is 12.4 Å². The van der Waals surface area contributed by atoms with Gasteiger partial charge in [0.1, 0.15) is 24.5 Å². The third kappa shape index (κ3) is 73.4. The maximum Gasteiger partial charge on any atom is 0.327 e. The Bertz CT molecular complexity index is 1480. The molecular weight excluding hydrogens is 1490 g/mol. The summed E-state index contributed by atoms with van der Waals surface area (Å²) < 4.78 is 25.3. The third-order valence-electron chi connectivity index (χ3n) is 13.4. The van der Waals surface area contributed by atoms with Crippen LogP contribution in [-0.4, -0.2) is 169 Å². The second-order valence-corrected chi connectivity index (χ2v) is 20.6. The van der Waals surface area contributed by atoms with Crippen LogP contribution in [0.2, 0.25) is 0 Å². The molecule has 0 spiro atoms. The maximum absolute atomic E-state index is 11.2. The molecule has 0 fully saturated rings. The number of ether oxygens (including phenoxy) is 4. The number of quaternary nitrogens is 2. The van der Waals surface area contributed by atoms with Crippen molar-refractivity contribution in [1.29, 1.82) is 0 Å². The van der Waals surface area contributed by atoms with Gasteiger partial charge in [-0.3, -0.25) is 9.59 Å². The SMILES string of the molecule is CCCC[N+](CCCC)(CCCC)CCCC.CCCC[N+](CCCC)(CCCC)CCCC.CCOC(=O)Cn1cc(COCC(C[O-])(C[O-])C[O-])nn1.CCOC(=O)Cn1cc(COCC(C[O-])(C[O-])C[O-])nn1.[O-2].[O-2].[O-2].[O-2].[O-2].[O-2].[O-2].[O-2].[O-2].[O-2].[O-2].[O-2].[O-2].[V].[V].[V].[V].[V].[V]. The van der Waals surface area contributed by atoms with Crippen molar-refractivity contribution in [3.05, 3.63) is 23.8 Å². The molecule has 2 aromatic rings. The molecule has 39 heteroatoms. The van der Waals surface area contributed by atoms with Crippen molar-refractivity contribution >= 4 is 11.9 Å². The number of hydrogen-bond donors (Lipinski definition) is 0. The fraction of sp³-hybridized carbons (Fsp3) is 0.893. The molecule has 0 aliphatic carbocycles. The van der Waals surface area contributed by atoms with Gasteiger partial charge in [-0.2, -0.15) is 0 Å². The van der Waals surface area contributed by atoms with Crippen molar-refractivity contribution in [3.8, 4) is 0 Å². The zero-order valence-corrected chi connectivity index (χ0v) is 65.9. The van der Waals surface area contributed by atoms with Gasteiger partial charge in [-0.15, -0.1) is 49.8 Å². The van der Waals surface area contributed by atoms with E-state index in [0.29, 0.717) is 11.4 Å². The van der Waals surface area contributed by atoms with Crippen LogP contribution in [0.3, 0.4) is 0 Å². The van der Waals surface area contributed by atoms with E-state index in [1.54, 1.807) is 13.8 Å². The fourth-order valence-electron chi connectivity index (χ4n) is 8.18. The van der Waals surface area contributed by atoms with Crippen molar-refractivity contribution < 1.29 is 251 Å². The van der Waals surface area contributed by atoms with E-state index in [4.69, 9.17) is 18.9 Å². The van der Waals surface area contributed by atoms with E-state index in [1.807, 2.05) is 0 Å². The molecule has 582 valence electrons. The maximum atomic E-state index is 11.2. The molecular formula is C56H108N8O25V6-30. The zero-order valence-electron chi connectivity index (χ0n) is 57.5. The molecule has 0 aromatic carbocycles. The monoisotopic (exact) mass is 1600 g/mol. The van der Waals surface area contributed by atoms with E-state index in [-0.39, 0.29) is 235 Å². The summed E-state index contributed by atoms with van der Waals surface area (Å²) in [5.74, 6) is -0.865. The van der Waals surface area contributed by atoms with E-state index in [2.05, 4.69) is 76.0 Å². The first kappa shape index (κ1) is 153. The van der Waals surface area contributed by atoms with Gasteiger partial charge in [0.25, 0.3) is 0 Å². The Morgan fingerprint density at radius 3 is 0.716 bits per heavy atom. The summed E-state index contributed by atoms with van der Waals surface area (Å²) in [7, 11) is 0. The van der Waals surface area contributed by atoms with Gasteiger partial charge in [0.15, 0.2) is 0 Å². The van der Waals surface area contributed by atoms with E-state index < -0.39 is 62.4 Å². The van der Waals surface area contributed by atoms with Crippen LogP contribution in [0.25, 0.3) is 0 Å². The first-order chi connectivity index (χ1) is 36.7. The summed E-state index contributed by atoms with van der Waals surface area (Å²) in [6, 6.07) is 0. The molecule has 33 nitrogen and oxygen atoms in total. The van der Waals surface area contributed by atoms with Gasteiger partial charge in [0.2, 0.25) is 0 Å². The van der Waals surface area contributed by atoms with Crippen LogP contribution < -0.4 is 30.6 Å². The number of esters is 2. The summed E-state index contributed by atoms with van der Waals surface area (Å²) >= 11 is 0. The summed E-state index contributed by atoms with van der Waals surface area (Å²) in [6.07, 6.45) is 25.1. The molecule has 0 N–H and O–H groups in total. The number of rotatable bonds is 44. The van der Waals surface area contributed by atoms with Crippen molar-refractivity contribution in [2.45, 2.75) is 198 Å². The Kier molecular flexibility index (Phi) is 161. The minimum atomic E-state index is -1.42. The molecule has 95 heavy (non-hydrogen) atoms. The molecule has 0 bridgehead atoms. The van der Waals surface area contributed by atoms with Gasteiger partial charge in [-0.05, 0) is 65.2 Å². The number of carbonyl (C=O) groups is 2. The Labute approximate surface area is 639 Å². The molecule has 2 heterocycles. The Hall–Kier alpha value is -0.194. The number of nitrogens with zero attached hydrogens (tertiary/aromatic N) is 8. The van der Waals surface area contributed by atoms with E-state index >= 15 is 0 Å². The fourth-order valence-corrected chi connectivity index (χ4v) is 8.18. The number of aromatic nitrogens is 6. The Morgan fingerprint density at radius 1 is 0.368 bits per heavy atom. The normalized spacial score (nSPS) is 9.43. The zero-order chi connectivity index (χ0) is 57.4. The van der Waals surface area contributed by atoms with Crippen molar-refractivity contribution in [2.75, 3.05) is 118 Å². The van der Waals surface area contributed by atoms with Crippen LogP contribution in [0.4, 0.5) is 0 Å². The predicted molar refractivity (Wildman–Crippen MR) is 294 cm³/mol. The first-order valence-electron chi connectivity index (χ1n) is 29.1. The summed E-state index contributed by atoms with van der Waals surface area (Å²) in [4.78, 5) is 22.5. The summed E-state index contributed by atoms with van der Waals surface area (Å²) in [6.45, 7) is 28.9. The molecule has 0 unspecified atom stereocenters. The van der Waals surface area contributed by atoms with E-state index in [1.165, 1.54) is 186 Å². The summed E-state index contributed by atoms with van der Waals surface area (Å²) in [5, 5.41) is 80.3. The molecule has 0 aliphatic heterocycles. The smallest absolute Gasteiger partial charge is 0.327 e. The quantitative estimate of drug-likeness (QED) is 0.0666. The predicted octanol–water partition coefficient (Wildman–Crippen LogP) is 1.30. The molecule has 0 saturated heterocycles. The molecule has 2 rings (SSSR count). The second kappa shape index (κ2) is 100. The van der Waals surface area contributed by atoms with Gasteiger partial charge in [-0.25, -0.2) is 9.36 Å². The van der Waals surface area contributed by atoms with Gasteiger partial charge in [0.05, 0.1) is 91.2 Å². The number of unbranched alkanes of at least 4 members (excludes halogenated alkanes) is 8. The second-order valence-electron chi connectivity index (χ2n) is 20.6. The van der Waals surface area contributed by atoms with Gasteiger partial charge >= 0.3 is 11.9 Å². The molecule has 0 aliphatic rings. The van der Waals surface area contributed by atoms with Crippen molar-refractivity contribution in [2.24, 2.45) is 10.8 Å². The largest absolute Gasteiger partial charge is 2.00 e. The molecule has 0 atom stereocenters. The van der Waals surface area contributed by atoms with Crippen LogP contribution in [0.5, 0.6) is 0 Å².